The molecular weight excluding hydrogens is 374 g/mol. The molecule has 0 aliphatic carbocycles. The fraction of sp³-hybridized carbons (Fsp3) is 0.400. The van der Waals surface area contributed by atoms with Crippen molar-refractivity contribution in [3.63, 3.8) is 0 Å². The van der Waals surface area contributed by atoms with Gasteiger partial charge in [-0.05, 0) is 57.2 Å². The molecule has 1 aromatic heterocycles. The van der Waals surface area contributed by atoms with Crippen LogP contribution in [0.2, 0.25) is 0 Å². The first-order valence-corrected chi connectivity index (χ1v) is 11.5. The highest BCUT2D eigenvalue weighted by molar-refractivity contribution is 6.11. The smallest absolute Gasteiger partial charge is 0.0544 e. The van der Waals surface area contributed by atoms with E-state index in [1.165, 1.54) is 44.2 Å². The van der Waals surface area contributed by atoms with Crippen LogP contribution in [-0.2, 0) is 16.2 Å². The number of hydrogen-bond acceptors (Lipinski definition) is 0. The van der Waals surface area contributed by atoms with Gasteiger partial charge in [-0.15, -0.1) is 0 Å². The summed E-state index contributed by atoms with van der Waals surface area (Å²) < 4.78 is 2.48. The number of benzene rings is 3. The van der Waals surface area contributed by atoms with Gasteiger partial charge in [0.1, 0.15) is 0 Å². The van der Waals surface area contributed by atoms with E-state index in [0.29, 0.717) is 0 Å². The van der Waals surface area contributed by atoms with E-state index in [2.05, 4.69) is 128 Å². The number of rotatable bonds is 1. The fourth-order valence-corrected chi connectivity index (χ4v) is 4.55. The molecule has 0 spiro atoms. The summed E-state index contributed by atoms with van der Waals surface area (Å²) in [5, 5.41) is 2.72. The first kappa shape index (κ1) is 21.7. The largest absolute Gasteiger partial charge is 0.309 e. The van der Waals surface area contributed by atoms with Crippen molar-refractivity contribution >= 4 is 21.8 Å². The molecule has 31 heavy (non-hydrogen) atoms. The summed E-state index contributed by atoms with van der Waals surface area (Å²) in [6.07, 6.45) is 0. The quantitative estimate of drug-likeness (QED) is 0.295. The third-order valence-corrected chi connectivity index (χ3v) is 6.44. The molecule has 4 aromatic rings. The Balaban J connectivity index is 2.17. The van der Waals surface area contributed by atoms with Crippen LogP contribution in [0.1, 0.15) is 79.0 Å². The van der Waals surface area contributed by atoms with Crippen molar-refractivity contribution < 1.29 is 0 Å². The Morgan fingerprint density at radius 1 is 0.548 bits per heavy atom. The Labute approximate surface area is 188 Å². The number of nitrogens with zero attached hydrogens (tertiary/aromatic N) is 1. The molecule has 0 saturated carbocycles. The zero-order valence-electron chi connectivity index (χ0n) is 20.7. The highest BCUT2D eigenvalue weighted by Crippen LogP contribution is 2.40. The summed E-state index contributed by atoms with van der Waals surface area (Å²) in [5.74, 6) is 0. The SMILES string of the molecule is CC(C)(C)c1cccc(-n2c3cc(C(C)(C)C)ccc3c3c(C(C)(C)C)cccc32)c1. The molecule has 0 bridgehead atoms. The first-order chi connectivity index (χ1) is 14.3. The van der Waals surface area contributed by atoms with Gasteiger partial charge in [0.05, 0.1) is 11.0 Å². The van der Waals surface area contributed by atoms with Gasteiger partial charge >= 0.3 is 0 Å². The van der Waals surface area contributed by atoms with Gasteiger partial charge in [0, 0.05) is 16.5 Å². The number of aromatic nitrogens is 1. The Morgan fingerprint density at radius 3 is 1.77 bits per heavy atom. The summed E-state index contributed by atoms with van der Waals surface area (Å²) in [7, 11) is 0. The molecule has 1 heteroatoms. The van der Waals surface area contributed by atoms with Crippen molar-refractivity contribution in [1.82, 2.24) is 4.57 Å². The molecule has 0 fully saturated rings. The van der Waals surface area contributed by atoms with Gasteiger partial charge in [0.15, 0.2) is 0 Å². The van der Waals surface area contributed by atoms with E-state index >= 15 is 0 Å². The first-order valence-electron chi connectivity index (χ1n) is 11.5. The summed E-state index contributed by atoms with van der Waals surface area (Å²) in [4.78, 5) is 0. The van der Waals surface area contributed by atoms with Crippen LogP contribution < -0.4 is 0 Å². The zero-order valence-corrected chi connectivity index (χ0v) is 20.7. The summed E-state index contributed by atoms with van der Waals surface area (Å²) in [6.45, 7) is 20.7. The topological polar surface area (TPSA) is 4.93 Å². The standard InChI is InChI=1S/C30H37N/c1-28(2,3)20-12-10-13-22(18-20)31-25-15-11-14-24(30(7,8)9)27(25)23-17-16-21(19-26(23)31)29(4,5)6/h10-19H,1-9H3. The molecule has 3 aromatic carbocycles. The Morgan fingerprint density at radius 2 is 1.16 bits per heavy atom. The predicted octanol–water partition coefficient (Wildman–Crippen LogP) is 8.68. The number of fused-ring (bicyclic) bond motifs is 3. The summed E-state index contributed by atoms with van der Waals surface area (Å²) in [5.41, 5.74) is 8.26. The monoisotopic (exact) mass is 411 g/mol. The maximum absolute atomic E-state index is 2.48. The van der Waals surface area contributed by atoms with Gasteiger partial charge in [-0.25, -0.2) is 0 Å². The van der Waals surface area contributed by atoms with Crippen molar-refractivity contribution in [2.24, 2.45) is 0 Å². The molecule has 0 radical (unpaired) electrons. The molecule has 4 rings (SSSR count). The lowest BCUT2D eigenvalue weighted by atomic mass is 9.83. The second-order valence-corrected chi connectivity index (χ2v) is 12.1. The van der Waals surface area contributed by atoms with Crippen LogP contribution in [0.4, 0.5) is 0 Å². The molecule has 162 valence electrons. The van der Waals surface area contributed by atoms with Crippen LogP contribution >= 0.6 is 0 Å². The minimum absolute atomic E-state index is 0.0780. The second kappa shape index (κ2) is 6.99. The lowest BCUT2D eigenvalue weighted by molar-refractivity contribution is 0.590. The third-order valence-electron chi connectivity index (χ3n) is 6.44. The third kappa shape index (κ3) is 3.80. The van der Waals surface area contributed by atoms with Crippen LogP contribution in [0.15, 0.2) is 60.7 Å². The minimum atomic E-state index is 0.0780. The molecule has 0 saturated heterocycles. The average Bonchev–Trinajstić information content (AvgIpc) is 2.99. The second-order valence-electron chi connectivity index (χ2n) is 12.1. The van der Waals surface area contributed by atoms with Crippen LogP contribution in [-0.4, -0.2) is 4.57 Å². The fourth-order valence-electron chi connectivity index (χ4n) is 4.55. The van der Waals surface area contributed by atoms with E-state index in [9.17, 15) is 0 Å². The van der Waals surface area contributed by atoms with Crippen molar-refractivity contribution in [3.05, 3.63) is 77.4 Å². The Hall–Kier alpha value is -2.54. The molecule has 1 heterocycles. The molecule has 0 amide bonds. The van der Waals surface area contributed by atoms with Crippen LogP contribution in [0, 0.1) is 0 Å². The highest BCUT2D eigenvalue weighted by atomic mass is 15.0. The van der Waals surface area contributed by atoms with E-state index < -0.39 is 0 Å². The highest BCUT2D eigenvalue weighted by Gasteiger charge is 2.24. The van der Waals surface area contributed by atoms with Gasteiger partial charge in [-0.3, -0.25) is 0 Å². The lowest BCUT2D eigenvalue weighted by Gasteiger charge is -2.21. The van der Waals surface area contributed by atoms with E-state index in [1.54, 1.807) is 0 Å². The molecular formula is C30H37N. The van der Waals surface area contributed by atoms with Gasteiger partial charge in [0.2, 0.25) is 0 Å². The van der Waals surface area contributed by atoms with Crippen molar-refractivity contribution in [2.75, 3.05) is 0 Å². The van der Waals surface area contributed by atoms with Crippen molar-refractivity contribution in [2.45, 2.75) is 78.6 Å². The van der Waals surface area contributed by atoms with Crippen molar-refractivity contribution in [3.8, 4) is 5.69 Å². The zero-order chi connectivity index (χ0) is 22.8. The molecule has 0 aliphatic heterocycles. The molecule has 0 N–H and O–H groups in total. The van der Waals surface area contributed by atoms with Crippen LogP contribution in [0.25, 0.3) is 27.5 Å². The molecule has 0 atom stereocenters. The number of hydrogen-bond donors (Lipinski definition) is 0. The van der Waals surface area contributed by atoms with Crippen LogP contribution in [0.5, 0.6) is 0 Å². The van der Waals surface area contributed by atoms with E-state index in [1.807, 2.05) is 0 Å². The maximum atomic E-state index is 2.48. The lowest BCUT2D eigenvalue weighted by Crippen LogP contribution is -2.12. The molecule has 0 aliphatic rings. The maximum Gasteiger partial charge on any atom is 0.0544 e. The van der Waals surface area contributed by atoms with E-state index in [-0.39, 0.29) is 16.2 Å². The van der Waals surface area contributed by atoms with Gasteiger partial charge in [-0.2, -0.15) is 0 Å². The van der Waals surface area contributed by atoms with Gasteiger partial charge in [0.25, 0.3) is 0 Å². The summed E-state index contributed by atoms with van der Waals surface area (Å²) >= 11 is 0. The minimum Gasteiger partial charge on any atom is -0.309 e. The molecule has 1 nitrogen and oxygen atoms in total. The Kier molecular flexibility index (Phi) is 4.89. The summed E-state index contributed by atoms with van der Waals surface area (Å²) in [6, 6.07) is 22.9. The van der Waals surface area contributed by atoms with E-state index in [0.717, 1.165) is 0 Å². The normalized spacial score (nSPS) is 13.3. The molecule has 0 unspecified atom stereocenters. The average molecular weight is 412 g/mol. The Bertz CT molecular complexity index is 1260. The van der Waals surface area contributed by atoms with Gasteiger partial charge in [-0.1, -0.05) is 98.7 Å². The van der Waals surface area contributed by atoms with E-state index in [4.69, 9.17) is 0 Å². The predicted molar refractivity (Wildman–Crippen MR) is 137 cm³/mol. The van der Waals surface area contributed by atoms with Crippen LogP contribution in [0.3, 0.4) is 0 Å². The van der Waals surface area contributed by atoms with Crippen molar-refractivity contribution in [1.29, 1.82) is 0 Å². The van der Waals surface area contributed by atoms with Gasteiger partial charge < -0.3 is 4.57 Å².